The summed E-state index contributed by atoms with van der Waals surface area (Å²) in [6, 6.07) is 15.9. The van der Waals surface area contributed by atoms with Crippen LogP contribution in [0.25, 0.3) is 10.8 Å². The second-order valence-corrected chi connectivity index (χ2v) is 9.84. The molecule has 0 unspecified atom stereocenters. The number of hydrogen-bond acceptors (Lipinski definition) is 4. The molecule has 3 aromatic rings. The largest absolute Gasteiger partial charge is 0.325 e. The fraction of sp³-hybridized carbons (Fsp3) is 0.217. The highest BCUT2D eigenvalue weighted by atomic mass is 35.5. The van der Waals surface area contributed by atoms with Crippen molar-refractivity contribution in [1.82, 2.24) is 4.72 Å². The van der Waals surface area contributed by atoms with E-state index in [1.165, 1.54) is 19.1 Å². The van der Waals surface area contributed by atoms with E-state index in [1.54, 1.807) is 38.1 Å². The van der Waals surface area contributed by atoms with Gasteiger partial charge in [0.2, 0.25) is 21.8 Å². The van der Waals surface area contributed by atoms with Crippen LogP contribution >= 0.6 is 11.6 Å². The highest BCUT2D eigenvalue weighted by molar-refractivity contribution is 7.89. The minimum Gasteiger partial charge on any atom is -0.325 e. The number of nitrogens with one attached hydrogen (secondary N) is 3. The molecule has 7 nitrogen and oxygen atoms in total. The van der Waals surface area contributed by atoms with E-state index in [9.17, 15) is 18.0 Å². The highest BCUT2D eigenvalue weighted by Crippen LogP contribution is 2.26. The van der Waals surface area contributed by atoms with E-state index in [1.807, 2.05) is 24.3 Å². The summed E-state index contributed by atoms with van der Waals surface area (Å²) in [6.45, 7) is 4.86. The maximum absolute atomic E-state index is 13.0. The Hall–Kier alpha value is -2.94. The number of anilines is 2. The summed E-state index contributed by atoms with van der Waals surface area (Å²) in [7, 11) is -3.95. The van der Waals surface area contributed by atoms with Gasteiger partial charge in [-0.2, -0.15) is 4.72 Å². The van der Waals surface area contributed by atoms with Crippen LogP contribution in [0.2, 0.25) is 5.02 Å². The Morgan fingerprint density at radius 3 is 2.22 bits per heavy atom. The second-order valence-electron chi connectivity index (χ2n) is 7.72. The Kier molecular flexibility index (Phi) is 7.18. The van der Waals surface area contributed by atoms with Crippen molar-refractivity contribution in [3.63, 3.8) is 0 Å². The van der Waals surface area contributed by atoms with Crippen LogP contribution in [0.4, 0.5) is 11.4 Å². The van der Waals surface area contributed by atoms with E-state index < -0.39 is 22.0 Å². The maximum Gasteiger partial charge on any atom is 0.242 e. The molecular weight excluding hydrogens is 450 g/mol. The second kappa shape index (κ2) is 9.68. The standard InChI is InChI=1S/C23H24ClN3O4S/c1-14(2)22(23(29)26-18-9-11-21(20(24)13-18)25-15(3)28)27-32(30,31)19-10-8-16-6-4-5-7-17(16)12-19/h4-14,22,27H,1-3H3,(H,25,28)(H,26,29)/t22-/m0/s1. The number of benzene rings is 3. The predicted molar refractivity (Wildman–Crippen MR) is 127 cm³/mol. The first kappa shape index (κ1) is 23.7. The van der Waals surface area contributed by atoms with Gasteiger partial charge in [0.15, 0.2) is 0 Å². The number of halogens is 1. The third-order valence-electron chi connectivity index (χ3n) is 4.81. The van der Waals surface area contributed by atoms with Crippen LogP contribution in [0, 0.1) is 5.92 Å². The van der Waals surface area contributed by atoms with Gasteiger partial charge in [0.25, 0.3) is 0 Å². The third kappa shape index (κ3) is 5.64. The molecule has 0 aliphatic carbocycles. The van der Waals surface area contributed by atoms with E-state index in [-0.39, 0.29) is 21.7 Å². The minimum absolute atomic E-state index is 0.0809. The van der Waals surface area contributed by atoms with Crippen molar-refractivity contribution in [2.24, 2.45) is 5.92 Å². The summed E-state index contributed by atoms with van der Waals surface area (Å²) in [5.74, 6) is -1.11. The molecule has 0 spiro atoms. The molecule has 1 atom stereocenters. The van der Waals surface area contributed by atoms with E-state index in [0.717, 1.165) is 10.8 Å². The Balaban J connectivity index is 1.80. The van der Waals surface area contributed by atoms with Crippen molar-refractivity contribution >= 4 is 55.6 Å². The van der Waals surface area contributed by atoms with Gasteiger partial charge in [-0.05, 0) is 47.0 Å². The van der Waals surface area contributed by atoms with Crippen LogP contribution in [0.5, 0.6) is 0 Å². The summed E-state index contributed by atoms with van der Waals surface area (Å²) in [5.41, 5.74) is 0.791. The van der Waals surface area contributed by atoms with Crippen LogP contribution in [-0.2, 0) is 19.6 Å². The maximum atomic E-state index is 13.0. The lowest BCUT2D eigenvalue weighted by atomic mass is 10.0. The molecule has 0 aliphatic heterocycles. The average molecular weight is 474 g/mol. The molecule has 2 amide bonds. The number of carbonyl (C=O) groups is 2. The molecule has 3 rings (SSSR count). The first-order valence-electron chi connectivity index (χ1n) is 9.96. The van der Waals surface area contributed by atoms with Crippen molar-refractivity contribution in [3.05, 3.63) is 65.7 Å². The Morgan fingerprint density at radius 1 is 0.906 bits per heavy atom. The monoisotopic (exact) mass is 473 g/mol. The number of sulfonamides is 1. The van der Waals surface area contributed by atoms with Crippen molar-refractivity contribution in [2.75, 3.05) is 10.6 Å². The molecule has 0 heterocycles. The number of hydrogen-bond donors (Lipinski definition) is 3. The van der Waals surface area contributed by atoms with Gasteiger partial charge in [-0.3, -0.25) is 9.59 Å². The zero-order valence-corrected chi connectivity index (χ0v) is 19.4. The van der Waals surface area contributed by atoms with E-state index in [2.05, 4.69) is 15.4 Å². The number of fused-ring (bicyclic) bond motifs is 1. The fourth-order valence-corrected chi connectivity index (χ4v) is 4.77. The molecule has 0 radical (unpaired) electrons. The number of carbonyl (C=O) groups excluding carboxylic acids is 2. The topological polar surface area (TPSA) is 104 Å². The SMILES string of the molecule is CC(=O)Nc1ccc(NC(=O)[C@@H](NS(=O)(=O)c2ccc3ccccc3c2)C(C)C)cc1Cl. The van der Waals surface area contributed by atoms with Crippen LogP contribution < -0.4 is 15.4 Å². The molecule has 9 heteroatoms. The molecule has 0 aliphatic rings. The minimum atomic E-state index is -3.95. The Morgan fingerprint density at radius 2 is 1.59 bits per heavy atom. The molecule has 168 valence electrons. The highest BCUT2D eigenvalue weighted by Gasteiger charge is 2.28. The van der Waals surface area contributed by atoms with E-state index in [0.29, 0.717) is 11.4 Å². The summed E-state index contributed by atoms with van der Waals surface area (Å²) in [5, 5.41) is 7.22. The first-order valence-corrected chi connectivity index (χ1v) is 11.8. The summed E-state index contributed by atoms with van der Waals surface area (Å²) in [6.07, 6.45) is 0. The van der Waals surface area contributed by atoms with Crippen molar-refractivity contribution in [3.8, 4) is 0 Å². The van der Waals surface area contributed by atoms with Gasteiger partial charge >= 0.3 is 0 Å². The van der Waals surface area contributed by atoms with Crippen LogP contribution in [0.3, 0.4) is 0 Å². The molecule has 3 N–H and O–H groups in total. The molecule has 3 aromatic carbocycles. The number of rotatable bonds is 7. The number of amides is 2. The van der Waals surface area contributed by atoms with Gasteiger partial charge in [0, 0.05) is 12.6 Å². The van der Waals surface area contributed by atoms with E-state index >= 15 is 0 Å². The van der Waals surface area contributed by atoms with Gasteiger partial charge in [-0.15, -0.1) is 0 Å². The molecule has 0 bridgehead atoms. The molecule has 0 aromatic heterocycles. The average Bonchev–Trinajstić information content (AvgIpc) is 2.73. The van der Waals surface area contributed by atoms with Crippen molar-refractivity contribution in [2.45, 2.75) is 31.7 Å². The smallest absolute Gasteiger partial charge is 0.242 e. The first-order chi connectivity index (χ1) is 15.1. The lowest BCUT2D eigenvalue weighted by Gasteiger charge is -2.22. The fourth-order valence-electron chi connectivity index (χ4n) is 3.17. The molecular formula is C23H24ClN3O4S. The summed E-state index contributed by atoms with van der Waals surface area (Å²) in [4.78, 5) is 24.2. The molecule has 0 fully saturated rings. The Labute approximate surface area is 192 Å². The third-order valence-corrected chi connectivity index (χ3v) is 6.56. The van der Waals surface area contributed by atoms with Crippen LogP contribution in [-0.4, -0.2) is 26.3 Å². The lowest BCUT2D eigenvalue weighted by Crippen LogP contribution is -2.47. The van der Waals surface area contributed by atoms with Crippen LogP contribution in [0.1, 0.15) is 20.8 Å². The normalized spacial score (nSPS) is 12.5. The van der Waals surface area contributed by atoms with E-state index in [4.69, 9.17) is 11.6 Å². The van der Waals surface area contributed by atoms with Crippen molar-refractivity contribution in [1.29, 1.82) is 0 Å². The quantitative estimate of drug-likeness (QED) is 0.473. The van der Waals surface area contributed by atoms with Gasteiger partial charge in [0.1, 0.15) is 6.04 Å². The zero-order chi connectivity index (χ0) is 23.5. The molecule has 32 heavy (non-hydrogen) atoms. The van der Waals surface area contributed by atoms with Gasteiger partial charge in [-0.25, -0.2) is 8.42 Å². The van der Waals surface area contributed by atoms with Gasteiger partial charge in [0.05, 0.1) is 15.6 Å². The summed E-state index contributed by atoms with van der Waals surface area (Å²) < 4.78 is 28.5. The lowest BCUT2D eigenvalue weighted by molar-refractivity contribution is -0.118. The molecule has 0 saturated carbocycles. The zero-order valence-electron chi connectivity index (χ0n) is 17.8. The summed E-state index contributed by atoms with van der Waals surface area (Å²) >= 11 is 6.16. The van der Waals surface area contributed by atoms with Gasteiger partial charge < -0.3 is 10.6 Å². The van der Waals surface area contributed by atoms with Gasteiger partial charge in [-0.1, -0.05) is 55.8 Å². The van der Waals surface area contributed by atoms with Crippen molar-refractivity contribution < 1.29 is 18.0 Å². The predicted octanol–water partition coefficient (Wildman–Crippen LogP) is 4.39. The molecule has 0 saturated heterocycles. The van der Waals surface area contributed by atoms with Crippen LogP contribution in [0.15, 0.2) is 65.6 Å². The Bertz CT molecular complexity index is 1280.